The molecule has 0 aliphatic heterocycles. The third-order valence-corrected chi connectivity index (χ3v) is 5.16. The van der Waals surface area contributed by atoms with E-state index in [0.717, 1.165) is 0 Å². The molecule has 1 atom stereocenters. The number of methoxy groups -OCH3 is 1. The van der Waals surface area contributed by atoms with Crippen LogP contribution in [0.15, 0.2) is 27.6 Å². The summed E-state index contributed by atoms with van der Waals surface area (Å²) in [6.07, 6.45) is 0.661. The zero-order chi connectivity index (χ0) is 16.3. The van der Waals surface area contributed by atoms with Crippen LogP contribution in [0.2, 0.25) is 0 Å². The summed E-state index contributed by atoms with van der Waals surface area (Å²) >= 11 is 3.29. The Labute approximate surface area is 147 Å². The van der Waals surface area contributed by atoms with Gasteiger partial charge >= 0.3 is 0 Å². The molecule has 0 spiro atoms. The number of hydrogen-bond acceptors (Lipinski definition) is 4. The van der Waals surface area contributed by atoms with E-state index < -0.39 is 15.6 Å². The predicted octanol–water partition coefficient (Wildman–Crippen LogP) is 2.92. The van der Waals surface area contributed by atoms with Gasteiger partial charge in [0.25, 0.3) is 0 Å². The number of halogens is 2. The molecule has 0 aliphatic carbocycles. The average molecular weight is 416 g/mol. The van der Waals surface area contributed by atoms with Gasteiger partial charge in [0.1, 0.15) is 5.75 Å². The fraction of sp³-hybridized carbons (Fsp3) is 0.571. The van der Waals surface area contributed by atoms with Crippen molar-refractivity contribution in [2.75, 3.05) is 13.7 Å². The van der Waals surface area contributed by atoms with E-state index >= 15 is 0 Å². The molecule has 128 valence electrons. The lowest BCUT2D eigenvalue weighted by atomic mass is 9.92. The van der Waals surface area contributed by atoms with Crippen molar-refractivity contribution in [3.63, 3.8) is 0 Å². The molecule has 0 aromatic heterocycles. The van der Waals surface area contributed by atoms with Gasteiger partial charge in [0.05, 0.1) is 12.0 Å². The van der Waals surface area contributed by atoms with E-state index in [1.807, 2.05) is 20.8 Å². The van der Waals surface area contributed by atoms with Gasteiger partial charge in [-0.25, -0.2) is 13.1 Å². The Hall–Kier alpha value is -0.340. The first-order valence-electron chi connectivity index (χ1n) is 6.70. The molecule has 0 amide bonds. The van der Waals surface area contributed by atoms with E-state index in [1.165, 1.54) is 19.2 Å². The molecule has 0 aliphatic rings. The van der Waals surface area contributed by atoms with E-state index in [2.05, 4.69) is 20.7 Å². The second-order valence-corrected chi connectivity index (χ2v) is 8.39. The second-order valence-electron chi connectivity index (χ2n) is 5.80. The summed E-state index contributed by atoms with van der Waals surface area (Å²) in [6.45, 7) is 6.12. The number of sulfonamides is 1. The Kier molecular flexibility index (Phi) is 8.36. The van der Waals surface area contributed by atoms with Crippen LogP contribution in [0.4, 0.5) is 0 Å². The van der Waals surface area contributed by atoms with E-state index in [9.17, 15) is 8.42 Å². The van der Waals surface area contributed by atoms with Crippen LogP contribution >= 0.6 is 28.3 Å². The first-order valence-corrected chi connectivity index (χ1v) is 8.98. The molecular weight excluding hydrogens is 392 g/mol. The van der Waals surface area contributed by atoms with Gasteiger partial charge in [-0.2, -0.15) is 0 Å². The molecule has 1 aromatic rings. The lowest BCUT2D eigenvalue weighted by Crippen LogP contribution is -2.51. The predicted molar refractivity (Wildman–Crippen MR) is 95.2 cm³/mol. The largest absolute Gasteiger partial charge is 0.497 e. The fourth-order valence-corrected chi connectivity index (χ4v) is 4.37. The minimum absolute atomic E-state index is 0. The van der Waals surface area contributed by atoms with Gasteiger partial charge in [-0.15, -0.1) is 12.4 Å². The Bertz CT molecular complexity index is 596. The highest BCUT2D eigenvalue weighted by molar-refractivity contribution is 9.10. The maximum Gasteiger partial charge on any atom is 0.241 e. The molecular formula is C14H24BrClN2O3S. The highest BCUT2D eigenvalue weighted by Gasteiger charge is 2.30. The Balaban J connectivity index is 0.00000441. The van der Waals surface area contributed by atoms with Gasteiger partial charge in [0, 0.05) is 22.6 Å². The molecule has 0 radical (unpaired) electrons. The van der Waals surface area contributed by atoms with E-state index in [-0.39, 0.29) is 23.8 Å². The summed E-state index contributed by atoms with van der Waals surface area (Å²) in [6, 6.07) is 4.73. The lowest BCUT2D eigenvalue weighted by Gasteiger charge is -2.30. The minimum Gasteiger partial charge on any atom is -0.497 e. The molecule has 3 N–H and O–H groups in total. The maximum atomic E-state index is 12.6. The first kappa shape index (κ1) is 21.7. The zero-order valence-electron chi connectivity index (χ0n) is 13.2. The molecule has 1 aromatic carbocycles. The number of nitrogens with one attached hydrogen (secondary N) is 1. The minimum atomic E-state index is -3.67. The molecule has 5 nitrogen and oxygen atoms in total. The van der Waals surface area contributed by atoms with Gasteiger partial charge < -0.3 is 10.5 Å². The third kappa shape index (κ3) is 6.04. The van der Waals surface area contributed by atoms with Crippen LogP contribution in [0.5, 0.6) is 5.75 Å². The van der Waals surface area contributed by atoms with Crippen molar-refractivity contribution in [3.05, 3.63) is 22.7 Å². The summed E-state index contributed by atoms with van der Waals surface area (Å²) in [5.41, 5.74) is 5.09. The molecule has 1 rings (SSSR count). The van der Waals surface area contributed by atoms with Crippen LogP contribution in [0.1, 0.15) is 27.2 Å². The van der Waals surface area contributed by atoms with Gasteiger partial charge in [-0.05, 0) is 31.4 Å². The van der Waals surface area contributed by atoms with Crippen LogP contribution < -0.4 is 15.2 Å². The molecule has 0 bridgehead atoms. The number of ether oxygens (including phenoxy) is 1. The van der Waals surface area contributed by atoms with Gasteiger partial charge in [0.2, 0.25) is 10.0 Å². The Morgan fingerprint density at radius 3 is 2.41 bits per heavy atom. The number of benzene rings is 1. The first-order chi connectivity index (χ1) is 9.62. The molecule has 0 heterocycles. The van der Waals surface area contributed by atoms with E-state index in [1.54, 1.807) is 6.07 Å². The van der Waals surface area contributed by atoms with E-state index in [4.69, 9.17) is 10.5 Å². The van der Waals surface area contributed by atoms with Gasteiger partial charge in [-0.3, -0.25) is 0 Å². The van der Waals surface area contributed by atoms with Gasteiger partial charge in [0.15, 0.2) is 0 Å². The highest BCUT2D eigenvalue weighted by atomic mass is 79.9. The molecule has 0 fully saturated rings. The monoisotopic (exact) mass is 414 g/mol. The van der Waals surface area contributed by atoms with Crippen molar-refractivity contribution < 1.29 is 13.2 Å². The van der Waals surface area contributed by atoms with Crippen molar-refractivity contribution in [2.45, 2.75) is 37.6 Å². The summed E-state index contributed by atoms with van der Waals surface area (Å²) in [5, 5.41) is 0. The smallest absolute Gasteiger partial charge is 0.241 e. The van der Waals surface area contributed by atoms with Crippen LogP contribution in [-0.4, -0.2) is 27.6 Å². The summed E-state index contributed by atoms with van der Waals surface area (Å²) in [5.74, 6) is 0.807. The van der Waals surface area contributed by atoms with Crippen molar-refractivity contribution in [2.24, 2.45) is 11.7 Å². The standard InChI is InChI=1S/C14H23BrN2O3S.ClH/c1-10(2)8-14(3,9-16)17-21(18,19)13-6-11(15)5-12(7-13)20-4;/h5-7,10,17H,8-9,16H2,1-4H3;1H. The molecule has 0 saturated heterocycles. The summed E-state index contributed by atoms with van der Waals surface area (Å²) in [4.78, 5) is 0.150. The molecule has 0 saturated carbocycles. The summed E-state index contributed by atoms with van der Waals surface area (Å²) < 4.78 is 33.6. The maximum absolute atomic E-state index is 12.6. The molecule has 8 heteroatoms. The Morgan fingerprint density at radius 2 is 1.95 bits per heavy atom. The highest BCUT2D eigenvalue weighted by Crippen LogP contribution is 2.26. The zero-order valence-corrected chi connectivity index (χ0v) is 16.4. The normalized spacial score (nSPS) is 14.3. The van der Waals surface area contributed by atoms with Crippen molar-refractivity contribution in [1.82, 2.24) is 4.72 Å². The Morgan fingerprint density at radius 1 is 1.36 bits per heavy atom. The lowest BCUT2D eigenvalue weighted by molar-refractivity contribution is 0.344. The van der Waals surface area contributed by atoms with Crippen LogP contribution in [0.3, 0.4) is 0 Å². The topological polar surface area (TPSA) is 81.4 Å². The SMILES string of the molecule is COc1cc(Br)cc(S(=O)(=O)NC(C)(CN)CC(C)C)c1.Cl. The molecule has 22 heavy (non-hydrogen) atoms. The molecule has 1 unspecified atom stereocenters. The number of hydrogen-bond donors (Lipinski definition) is 2. The average Bonchev–Trinajstić information content (AvgIpc) is 2.36. The van der Waals surface area contributed by atoms with Crippen LogP contribution in [0.25, 0.3) is 0 Å². The number of nitrogens with two attached hydrogens (primary N) is 1. The van der Waals surface area contributed by atoms with E-state index in [0.29, 0.717) is 22.6 Å². The third-order valence-electron chi connectivity index (χ3n) is 3.08. The van der Waals surface area contributed by atoms with Crippen molar-refractivity contribution >= 4 is 38.4 Å². The quantitative estimate of drug-likeness (QED) is 0.717. The summed E-state index contributed by atoms with van der Waals surface area (Å²) in [7, 11) is -2.18. The van der Waals surface area contributed by atoms with Crippen LogP contribution in [-0.2, 0) is 10.0 Å². The second kappa shape index (κ2) is 8.49. The number of rotatable bonds is 7. The van der Waals surface area contributed by atoms with Crippen molar-refractivity contribution in [1.29, 1.82) is 0 Å². The van der Waals surface area contributed by atoms with Gasteiger partial charge in [-0.1, -0.05) is 29.8 Å². The van der Waals surface area contributed by atoms with Crippen molar-refractivity contribution in [3.8, 4) is 5.75 Å². The fourth-order valence-electron chi connectivity index (χ4n) is 2.26. The van der Waals surface area contributed by atoms with Crippen LogP contribution in [0, 0.1) is 5.92 Å².